The van der Waals surface area contributed by atoms with Crippen molar-refractivity contribution in [2.75, 3.05) is 13.1 Å². The molecule has 224 valence electrons. The van der Waals surface area contributed by atoms with Crippen molar-refractivity contribution in [1.29, 1.82) is 0 Å². The summed E-state index contributed by atoms with van der Waals surface area (Å²) in [6.07, 6.45) is 17.4. The van der Waals surface area contributed by atoms with E-state index in [9.17, 15) is 4.79 Å². The summed E-state index contributed by atoms with van der Waals surface area (Å²) in [5, 5.41) is 9.08. The van der Waals surface area contributed by atoms with Gasteiger partial charge in [-0.2, -0.15) is 5.10 Å². The van der Waals surface area contributed by atoms with E-state index in [1.165, 1.54) is 50.5 Å². The lowest BCUT2D eigenvalue weighted by molar-refractivity contribution is -0.137. The molecule has 0 bridgehead atoms. The Kier molecular flexibility index (Phi) is 9.60. The predicted molar refractivity (Wildman–Crippen MR) is 168 cm³/mol. The molecule has 1 saturated heterocycles. The fourth-order valence-electron chi connectivity index (χ4n) is 8.12. The number of rotatable bonds is 9. The van der Waals surface area contributed by atoms with Gasteiger partial charge in [-0.05, 0) is 98.3 Å². The van der Waals surface area contributed by atoms with Crippen molar-refractivity contribution in [3.05, 3.63) is 83.4 Å². The average Bonchev–Trinajstić information content (AvgIpc) is 3.56. The molecule has 6 rings (SSSR count). The van der Waals surface area contributed by atoms with Gasteiger partial charge in [-0.15, -0.1) is 0 Å². The zero-order chi connectivity index (χ0) is 28.8. The second-order valence-corrected chi connectivity index (χ2v) is 13.6. The molecule has 1 aliphatic heterocycles. The number of likely N-dealkylation sites (tertiary alicyclic amines) is 1. The predicted octanol–water partition coefficient (Wildman–Crippen LogP) is 7.05. The van der Waals surface area contributed by atoms with Crippen molar-refractivity contribution in [3.63, 3.8) is 0 Å². The van der Waals surface area contributed by atoms with Crippen molar-refractivity contribution in [2.45, 2.75) is 102 Å². The maximum Gasteiger partial charge on any atom is 0.240 e. The summed E-state index contributed by atoms with van der Waals surface area (Å²) in [6, 6.07) is 19.1. The van der Waals surface area contributed by atoms with Gasteiger partial charge in [-0.1, -0.05) is 73.3 Å². The number of carbonyl (C=O) groups is 1. The summed E-state index contributed by atoms with van der Waals surface area (Å²) in [5.41, 5.74) is 2.80. The van der Waals surface area contributed by atoms with E-state index in [0.29, 0.717) is 24.3 Å². The van der Waals surface area contributed by atoms with E-state index in [-0.39, 0.29) is 17.4 Å². The molecule has 1 amide bonds. The summed E-state index contributed by atoms with van der Waals surface area (Å²) in [4.78, 5) is 20.6. The van der Waals surface area contributed by atoms with Gasteiger partial charge in [0, 0.05) is 30.7 Å². The third-order valence-corrected chi connectivity index (χ3v) is 10.8. The molecule has 1 N–H and O–H groups in total. The van der Waals surface area contributed by atoms with Gasteiger partial charge < -0.3 is 10.2 Å². The van der Waals surface area contributed by atoms with Crippen molar-refractivity contribution in [1.82, 2.24) is 25.0 Å². The molecule has 0 unspecified atom stereocenters. The molecule has 3 fully saturated rings. The lowest BCUT2D eigenvalue weighted by Gasteiger charge is -2.48. The van der Waals surface area contributed by atoms with Crippen LogP contribution in [-0.4, -0.2) is 50.7 Å². The van der Waals surface area contributed by atoms with Gasteiger partial charge in [0.05, 0.1) is 6.04 Å². The second kappa shape index (κ2) is 13.7. The third kappa shape index (κ3) is 7.08. The molecule has 42 heavy (non-hydrogen) atoms. The Morgan fingerprint density at radius 2 is 1.64 bits per heavy atom. The van der Waals surface area contributed by atoms with Gasteiger partial charge in [-0.3, -0.25) is 9.48 Å². The highest BCUT2D eigenvalue weighted by Gasteiger charge is 2.44. The van der Waals surface area contributed by atoms with Crippen LogP contribution in [0.1, 0.15) is 87.7 Å². The molecule has 1 atom stereocenters. The Morgan fingerprint density at radius 3 is 2.31 bits per heavy atom. The van der Waals surface area contributed by atoms with Crippen LogP contribution in [0.3, 0.4) is 0 Å². The maximum atomic E-state index is 14.2. The van der Waals surface area contributed by atoms with E-state index in [1.54, 1.807) is 6.33 Å². The summed E-state index contributed by atoms with van der Waals surface area (Å²) in [6.45, 7) is 2.56. The molecular weight excluding hydrogens is 542 g/mol. The number of benzene rings is 2. The van der Waals surface area contributed by atoms with Crippen molar-refractivity contribution in [2.24, 2.45) is 11.3 Å². The van der Waals surface area contributed by atoms with Crippen LogP contribution in [0.2, 0.25) is 5.02 Å². The number of amides is 1. The fraction of sp³-hybridized carbons (Fsp3) is 0.571. The summed E-state index contributed by atoms with van der Waals surface area (Å²) in [7, 11) is 0. The molecule has 3 aromatic rings. The highest BCUT2D eigenvalue weighted by Crippen LogP contribution is 2.47. The standard InChI is InChI=1S/C35H46ClN5O/c36-31-15-11-27(12-16-31)23-33(39-32-17-13-29(14-18-32)28-7-3-1-4-8-28)34(42)40-21-19-35(20-22-40,24-41-26-37-25-38-41)30-9-5-2-6-10-30/h1,3-4,7-8,11-12,15-16,25-26,29-30,32-33,39H,2,5-6,9-10,13-14,17-24H2/t29?,32?,33-/m1/s1. The Bertz CT molecular complexity index is 1240. The van der Waals surface area contributed by atoms with Gasteiger partial charge in [0.15, 0.2) is 0 Å². The lowest BCUT2D eigenvalue weighted by atomic mass is 9.63. The number of nitrogens with zero attached hydrogens (tertiary/aromatic N) is 4. The second-order valence-electron chi connectivity index (χ2n) is 13.1. The Hall–Kier alpha value is -2.70. The number of carbonyl (C=O) groups excluding carboxylic acids is 1. The molecule has 2 saturated carbocycles. The molecule has 0 spiro atoms. The van der Waals surface area contributed by atoms with Gasteiger partial charge in [-0.25, -0.2) is 4.98 Å². The SMILES string of the molecule is O=C([C@@H](Cc1ccc(Cl)cc1)NC1CCC(c2ccccc2)CC1)N1CCC(Cn2cncn2)(C2CCCCC2)CC1. The largest absolute Gasteiger partial charge is 0.341 e. The molecule has 0 radical (unpaired) electrons. The summed E-state index contributed by atoms with van der Waals surface area (Å²) < 4.78 is 2.03. The lowest BCUT2D eigenvalue weighted by Crippen LogP contribution is -2.55. The van der Waals surface area contributed by atoms with Crippen LogP contribution in [0, 0.1) is 11.3 Å². The first-order chi connectivity index (χ1) is 20.6. The Morgan fingerprint density at radius 1 is 0.929 bits per heavy atom. The zero-order valence-corrected chi connectivity index (χ0v) is 25.6. The van der Waals surface area contributed by atoms with E-state index in [2.05, 4.69) is 62.8 Å². The smallest absolute Gasteiger partial charge is 0.240 e. The topological polar surface area (TPSA) is 63.1 Å². The van der Waals surface area contributed by atoms with E-state index in [0.717, 1.165) is 55.9 Å². The van der Waals surface area contributed by atoms with Crippen LogP contribution in [0.15, 0.2) is 67.3 Å². The van der Waals surface area contributed by atoms with Crippen LogP contribution < -0.4 is 5.32 Å². The molecule has 6 nitrogen and oxygen atoms in total. The molecule has 3 aliphatic rings. The molecule has 2 aliphatic carbocycles. The molecule has 2 heterocycles. The van der Waals surface area contributed by atoms with Gasteiger partial charge in [0.25, 0.3) is 0 Å². The van der Waals surface area contributed by atoms with Crippen LogP contribution in [0.25, 0.3) is 0 Å². The first-order valence-corrected chi connectivity index (χ1v) is 16.6. The van der Waals surface area contributed by atoms with E-state index < -0.39 is 0 Å². The number of hydrogen-bond donors (Lipinski definition) is 1. The monoisotopic (exact) mass is 587 g/mol. The van der Waals surface area contributed by atoms with Gasteiger partial charge in [0.2, 0.25) is 5.91 Å². The van der Waals surface area contributed by atoms with Crippen LogP contribution in [0.4, 0.5) is 0 Å². The Balaban J connectivity index is 1.13. The van der Waals surface area contributed by atoms with Gasteiger partial charge >= 0.3 is 0 Å². The van der Waals surface area contributed by atoms with E-state index in [4.69, 9.17) is 11.6 Å². The zero-order valence-electron chi connectivity index (χ0n) is 24.8. The van der Waals surface area contributed by atoms with E-state index in [1.807, 2.05) is 23.1 Å². The highest BCUT2D eigenvalue weighted by atomic mass is 35.5. The number of piperidine rings is 1. The molecule has 2 aromatic carbocycles. The van der Waals surface area contributed by atoms with Crippen molar-refractivity contribution in [3.8, 4) is 0 Å². The third-order valence-electron chi connectivity index (χ3n) is 10.6. The van der Waals surface area contributed by atoms with Crippen LogP contribution >= 0.6 is 11.6 Å². The minimum atomic E-state index is -0.220. The molecular formula is C35H46ClN5O. The average molecular weight is 588 g/mol. The maximum absolute atomic E-state index is 14.2. The number of nitrogens with one attached hydrogen (secondary N) is 1. The van der Waals surface area contributed by atoms with Crippen LogP contribution in [-0.2, 0) is 17.8 Å². The number of hydrogen-bond acceptors (Lipinski definition) is 4. The fourth-order valence-corrected chi connectivity index (χ4v) is 8.24. The first-order valence-electron chi connectivity index (χ1n) is 16.2. The van der Waals surface area contributed by atoms with Gasteiger partial charge in [0.1, 0.15) is 12.7 Å². The minimum absolute atomic E-state index is 0.194. The number of halogens is 1. The van der Waals surface area contributed by atoms with E-state index >= 15 is 0 Å². The quantitative estimate of drug-likeness (QED) is 0.291. The van der Waals surface area contributed by atoms with Crippen molar-refractivity contribution >= 4 is 17.5 Å². The number of aromatic nitrogens is 3. The molecule has 7 heteroatoms. The normalized spacial score (nSPS) is 23.9. The summed E-state index contributed by atoms with van der Waals surface area (Å²) in [5.74, 6) is 1.58. The first kappa shape index (κ1) is 29.4. The Labute approximate surface area is 256 Å². The molecule has 1 aromatic heterocycles. The van der Waals surface area contributed by atoms with Crippen molar-refractivity contribution < 1.29 is 4.79 Å². The minimum Gasteiger partial charge on any atom is -0.341 e. The van der Waals surface area contributed by atoms with Crippen LogP contribution in [0.5, 0.6) is 0 Å². The highest BCUT2D eigenvalue weighted by molar-refractivity contribution is 6.30. The summed E-state index contributed by atoms with van der Waals surface area (Å²) >= 11 is 6.19.